The molecule has 0 spiro atoms. The Hall–Kier alpha value is -0.380. The van der Waals surface area contributed by atoms with Crippen molar-refractivity contribution in [3.05, 3.63) is 12.7 Å². The molecule has 0 heterocycles. The standard InChI is InChI=1S/C13H27NO2/c1-3-5-7-11-16-13-9-14-8-12-15-10-6-4-2/h3,14H,1,4-13H2,2H3. The van der Waals surface area contributed by atoms with Gasteiger partial charge < -0.3 is 14.8 Å². The highest BCUT2D eigenvalue weighted by Crippen LogP contribution is 1.89. The van der Waals surface area contributed by atoms with Crippen LogP contribution in [0.4, 0.5) is 0 Å². The molecular formula is C13H27NO2. The lowest BCUT2D eigenvalue weighted by molar-refractivity contribution is 0.119. The van der Waals surface area contributed by atoms with E-state index in [1.165, 1.54) is 6.42 Å². The molecule has 0 rings (SSSR count). The topological polar surface area (TPSA) is 30.5 Å². The van der Waals surface area contributed by atoms with E-state index in [0.717, 1.165) is 58.8 Å². The molecule has 0 aromatic rings. The van der Waals surface area contributed by atoms with Crippen LogP contribution in [0.1, 0.15) is 32.6 Å². The lowest BCUT2D eigenvalue weighted by atomic mass is 10.3. The molecule has 0 fully saturated rings. The van der Waals surface area contributed by atoms with Gasteiger partial charge >= 0.3 is 0 Å². The van der Waals surface area contributed by atoms with Crippen LogP contribution in [0, 0.1) is 0 Å². The largest absolute Gasteiger partial charge is 0.380 e. The van der Waals surface area contributed by atoms with E-state index in [9.17, 15) is 0 Å². The van der Waals surface area contributed by atoms with Gasteiger partial charge in [0.05, 0.1) is 13.2 Å². The third-order valence-electron chi connectivity index (χ3n) is 2.19. The number of ether oxygens (including phenoxy) is 2. The van der Waals surface area contributed by atoms with Gasteiger partial charge in [0.2, 0.25) is 0 Å². The summed E-state index contributed by atoms with van der Waals surface area (Å²) in [5.74, 6) is 0. The Labute approximate surface area is 100 Å². The average Bonchev–Trinajstić information content (AvgIpc) is 2.31. The summed E-state index contributed by atoms with van der Waals surface area (Å²) in [7, 11) is 0. The van der Waals surface area contributed by atoms with Crippen molar-refractivity contribution < 1.29 is 9.47 Å². The van der Waals surface area contributed by atoms with E-state index in [1.807, 2.05) is 6.08 Å². The Bertz CT molecular complexity index is 140. The molecule has 0 bridgehead atoms. The van der Waals surface area contributed by atoms with E-state index in [2.05, 4.69) is 18.8 Å². The number of allylic oxidation sites excluding steroid dienone is 1. The molecule has 0 amide bonds. The van der Waals surface area contributed by atoms with E-state index in [-0.39, 0.29) is 0 Å². The molecule has 16 heavy (non-hydrogen) atoms. The van der Waals surface area contributed by atoms with Gasteiger partial charge in [-0.3, -0.25) is 0 Å². The van der Waals surface area contributed by atoms with Gasteiger partial charge in [0.15, 0.2) is 0 Å². The molecule has 0 aromatic carbocycles. The monoisotopic (exact) mass is 229 g/mol. The maximum absolute atomic E-state index is 5.43. The van der Waals surface area contributed by atoms with Crippen molar-refractivity contribution in [3.8, 4) is 0 Å². The molecule has 3 nitrogen and oxygen atoms in total. The highest BCUT2D eigenvalue weighted by Gasteiger charge is 1.90. The Kier molecular flexibility index (Phi) is 14.3. The van der Waals surface area contributed by atoms with Crippen molar-refractivity contribution in [1.29, 1.82) is 0 Å². The van der Waals surface area contributed by atoms with Gasteiger partial charge in [0.25, 0.3) is 0 Å². The summed E-state index contributed by atoms with van der Waals surface area (Å²) in [4.78, 5) is 0. The van der Waals surface area contributed by atoms with Crippen LogP contribution in [0.3, 0.4) is 0 Å². The molecule has 0 aliphatic carbocycles. The summed E-state index contributed by atoms with van der Waals surface area (Å²) in [6.45, 7) is 11.0. The molecule has 0 atom stereocenters. The lowest BCUT2D eigenvalue weighted by Crippen LogP contribution is -2.24. The number of unbranched alkanes of at least 4 members (excludes halogenated alkanes) is 2. The molecule has 0 saturated carbocycles. The van der Waals surface area contributed by atoms with Crippen molar-refractivity contribution in [2.75, 3.05) is 39.5 Å². The van der Waals surface area contributed by atoms with Crippen LogP contribution in [-0.4, -0.2) is 39.5 Å². The summed E-state index contributed by atoms with van der Waals surface area (Å²) >= 11 is 0. The van der Waals surface area contributed by atoms with Crippen LogP contribution in [0.2, 0.25) is 0 Å². The van der Waals surface area contributed by atoms with E-state index in [1.54, 1.807) is 0 Å². The second-order valence-corrected chi connectivity index (χ2v) is 3.76. The fourth-order valence-corrected chi connectivity index (χ4v) is 1.19. The molecule has 0 aromatic heterocycles. The third kappa shape index (κ3) is 13.6. The molecule has 96 valence electrons. The molecule has 0 radical (unpaired) electrons. The minimum Gasteiger partial charge on any atom is -0.380 e. The van der Waals surface area contributed by atoms with Crippen LogP contribution in [0.25, 0.3) is 0 Å². The van der Waals surface area contributed by atoms with E-state index in [0.29, 0.717) is 0 Å². The molecule has 3 heteroatoms. The Morgan fingerprint density at radius 1 is 1.00 bits per heavy atom. The SMILES string of the molecule is C=CCCCOCCNCCOCCCC. The van der Waals surface area contributed by atoms with Crippen molar-refractivity contribution in [2.24, 2.45) is 0 Å². The predicted molar refractivity (Wildman–Crippen MR) is 68.8 cm³/mol. The first-order chi connectivity index (χ1) is 7.91. The summed E-state index contributed by atoms with van der Waals surface area (Å²) in [5, 5.41) is 3.28. The van der Waals surface area contributed by atoms with Crippen LogP contribution in [-0.2, 0) is 9.47 Å². The zero-order valence-electron chi connectivity index (χ0n) is 10.7. The van der Waals surface area contributed by atoms with E-state index in [4.69, 9.17) is 9.47 Å². The smallest absolute Gasteiger partial charge is 0.0590 e. The second kappa shape index (κ2) is 14.6. The quantitative estimate of drug-likeness (QED) is 0.388. The fourth-order valence-electron chi connectivity index (χ4n) is 1.19. The minimum atomic E-state index is 0.784. The van der Waals surface area contributed by atoms with Crippen molar-refractivity contribution >= 4 is 0 Å². The van der Waals surface area contributed by atoms with Gasteiger partial charge in [-0.1, -0.05) is 19.4 Å². The first-order valence-electron chi connectivity index (χ1n) is 6.39. The molecular weight excluding hydrogens is 202 g/mol. The zero-order valence-corrected chi connectivity index (χ0v) is 10.7. The van der Waals surface area contributed by atoms with Gasteiger partial charge in [-0.25, -0.2) is 0 Å². The zero-order chi connectivity index (χ0) is 11.9. The highest BCUT2D eigenvalue weighted by atomic mass is 16.5. The molecule has 0 unspecified atom stereocenters. The van der Waals surface area contributed by atoms with Crippen LogP contribution in [0.15, 0.2) is 12.7 Å². The van der Waals surface area contributed by atoms with Crippen molar-refractivity contribution in [2.45, 2.75) is 32.6 Å². The lowest BCUT2D eigenvalue weighted by Gasteiger charge is -2.06. The highest BCUT2D eigenvalue weighted by molar-refractivity contribution is 4.64. The maximum Gasteiger partial charge on any atom is 0.0590 e. The number of nitrogens with one attached hydrogen (secondary N) is 1. The minimum absolute atomic E-state index is 0.784. The number of rotatable bonds is 13. The summed E-state index contributed by atoms with van der Waals surface area (Å²) in [5.41, 5.74) is 0. The molecule has 1 N–H and O–H groups in total. The predicted octanol–water partition coefficient (Wildman–Crippen LogP) is 2.38. The molecule has 0 aliphatic heterocycles. The number of hydrogen-bond donors (Lipinski definition) is 1. The van der Waals surface area contributed by atoms with E-state index < -0.39 is 0 Å². The molecule has 0 saturated heterocycles. The fraction of sp³-hybridized carbons (Fsp3) is 0.846. The van der Waals surface area contributed by atoms with Crippen molar-refractivity contribution in [3.63, 3.8) is 0 Å². The van der Waals surface area contributed by atoms with Crippen LogP contribution < -0.4 is 5.32 Å². The summed E-state index contributed by atoms with van der Waals surface area (Å²) < 4.78 is 10.8. The van der Waals surface area contributed by atoms with Gasteiger partial charge in [-0.2, -0.15) is 0 Å². The Morgan fingerprint density at radius 2 is 1.62 bits per heavy atom. The van der Waals surface area contributed by atoms with E-state index >= 15 is 0 Å². The van der Waals surface area contributed by atoms with Crippen LogP contribution in [0.5, 0.6) is 0 Å². The summed E-state index contributed by atoms with van der Waals surface area (Å²) in [6.07, 6.45) is 6.40. The van der Waals surface area contributed by atoms with Gasteiger partial charge in [-0.15, -0.1) is 6.58 Å². The third-order valence-corrected chi connectivity index (χ3v) is 2.19. The van der Waals surface area contributed by atoms with Gasteiger partial charge in [-0.05, 0) is 19.3 Å². The second-order valence-electron chi connectivity index (χ2n) is 3.76. The Morgan fingerprint density at radius 3 is 2.19 bits per heavy atom. The first-order valence-corrected chi connectivity index (χ1v) is 6.39. The maximum atomic E-state index is 5.43. The average molecular weight is 229 g/mol. The van der Waals surface area contributed by atoms with Crippen molar-refractivity contribution in [1.82, 2.24) is 5.32 Å². The number of hydrogen-bond acceptors (Lipinski definition) is 3. The Balaban J connectivity index is 2.85. The first kappa shape index (κ1) is 15.6. The van der Waals surface area contributed by atoms with Gasteiger partial charge in [0, 0.05) is 26.3 Å². The van der Waals surface area contributed by atoms with Gasteiger partial charge in [0.1, 0.15) is 0 Å². The molecule has 0 aliphatic rings. The summed E-state index contributed by atoms with van der Waals surface area (Å²) in [6, 6.07) is 0. The van der Waals surface area contributed by atoms with Crippen LogP contribution >= 0.6 is 0 Å². The normalized spacial score (nSPS) is 10.6.